The summed E-state index contributed by atoms with van der Waals surface area (Å²) in [4.78, 5) is 11.4. The van der Waals surface area contributed by atoms with Gasteiger partial charge in [0, 0.05) is 12.1 Å². The number of hydrogen-bond donors (Lipinski definition) is 2. The van der Waals surface area contributed by atoms with Gasteiger partial charge in [0.2, 0.25) is 5.91 Å². The van der Waals surface area contributed by atoms with Crippen LogP contribution in [0.1, 0.15) is 40.0 Å². The van der Waals surface area contributed by atoms with E-state index >= 15 is 0 Å². The van der Waals surface area contributed by atoms with E-state index in [1.165, 1.54) is 6.42 Å². The Kier molecular flexibility index (Phi) is 3.73. The minimum atomic E-state index is -0.270. The van der Waals surface area contributed by atoms with Crippen LogP contribution in [0.3, 0.4) is 0 Å². The van der Waals surface area contributed by atoms with Gasteiger partial charge in [-0.1, -0.05) is 0 Å². The van der Waals surface area contributed by atoms with Crippen LogP contribution in [0.2, 0.25) is 0 Å². The minimum absolute atomic E-state index is 0.0818. The quantitative estimate of drug-likeness (QED) is 0.727. The fraction of sp³-hybridized carbons (Fsp3) is 0.909. The van der Waals surface area contributed by atoms with Crippen LogP contribution in [-0.2, 0) is 9.53 Å². The summed E-state index contributed by atoms with van der Waals surface area (Å²) in [7, 11) is 0. The van der Waals surface area contributed by atoms with Gasteiger partial charge in [0.25, 0.3) is 0 Å². The zero-order chi connectivity index (χ0) is 11.5. The van der Waals surface area contributed by atoms with Crippen molar-refractivity contribution in [3.8, 4) is 0 Å². The fourth-order valence-corrected chi connectivity index (χ4v) is 1.42. The molecule has 1 rings (SSSR count). The molecular weight excluding hydrogens is 192 g/mol. The molecule has 4 nitrogen and oxygen atoms in total. The Morgan fingerprint density at radius 3 is 2.47 bits per heavy atom. The van der Waals surface area contributed by atoms with Crippen molar-refractivity contribution in [1.29, 1.82) is 0 Å². The Balaban J connectivity index is 2.14. The molecule has 0 atom stereocenters. The van der Waals surface area contributed by atoms with Crippen molar-refractivity contribution in [3.05, 3.63) is 0 Å². The molecule has 88 valence electrons. The van der Waals surface area contributed by atoms with Gasteiger partial charge >= 0.3 is 0 Å². The number of carbonyl (C=O) groups is 1. The topological polar surface area (TPSA) is 64.3 Å². The van der Waals surface area contributed by atoms with E-state index in [0.717, 1.165) is 12.8 Å². The Morgan fingerprint density at radius 1 is 1.47 bits per heavy atom. The average molecular weight is 214 g/mol. The summed E-state index contributed by atoms with van der Waals surface area (Å²) in [6, 6.07) is 0. The summed E-state index contributed by atoms with van der Waals surface area (Å²) in [6.45, 7) is 6.46. The maximum Gasteiger partial charge on any atom is 0.246 e. The third-order valence-corrected chi connectivity index (χ3v) is 2.62. The highest BCUT2D eigenvalue weighted by molar-refractivity contribution is 5.77. The van der Waals surface area contributed by atoms with Crippen LogP contribution in [-0.4, -0.2) is 30.2 Å². The predicted molar refractivity (Wildman–Crippen MR) is 59.5 cm³/mol. The monoisotopic (exact) mass is 214 g/mol. The molecule has 0 heterocycles. The van der Waals surface area contributed by atoms with Crippen LogP contribution in [0.15, 0.2) is 0 Å². The molecule has 4 heteroatoms. The standard InChI is InChI=1S/C11H22N2O2/c1-10(2,3)15-7-9(14)13-8-11(12)5-4-6-11/h4-8,12H2,1-3H3,(H,13,14). The summed E-state index contributed by atoms with van der Waals surface area (Å²) < 4.78 is 5.36. The number of ether oxygens (including phenoxy) is 1. The largest absolute Gasteiger partial charge is 0.366 e. The van der Waals surface area contributed by atoms with Crippen LogP contribution >= 0.6 is 0 Å². The second-order valence-corrected chi connectivity index (χ2v) is 5.39. The first-order valence-corrected chi connectivity index (χ1v) is 5.50. The summed E-state index contributed by atoms with van der Waals surface area (Å²) in [6.07, 6.45) is 3.19. The highest BCUT2D eigenvalue weighted by Crippen LogP contribution is 2.27. The predicted octanol–water partition coefficient (Wildman–Crippen LogP) is 0.799. The van der Waals surface area contributed by atoms with E-state index in [1.807, 2.05) is 20.8 Å². The van der Waals surface area contributed by atoms with Gasteiger partial charge in [-0.3, -0.25) is 4.79 Å². The molecule has 0 aromatic rings. The van der Waals surface area contributed by atoms with E-state index in [9.17, 15) is 4.79 Å². The van der Waals surface area contributed by atoms with Gasteiger partial charge in [0.15, 0.2) is 0 Å². The number of nitrogens with two attached hydrogens (primary N) is 1. The second kappa shape index (κ2) is 4.49. The number of amides is 1. The molecule has 0 aromatic carbocycles. The number of hydrogen-bond acceptors (Lipinski definition) is 3. The first-order valence-electron chi connectivity index (χ1n) is 5.50. The SMILES string of the molecule is CC(C)(C)OCC(=O)NCC1(N)CCC1. The third-order valence-electron chi connectivity index (χ3n) is 2.62. The zero-order valence-corrected chi connectivity index (χ0v) is 9.93. The van der Waals surface area contributed by atoms with E-state index in [4.69, 9.17) is 10.5 Å². The molecule has 0 radical (unpaired) electrons. The van der Waals surface area contributed by atoms with E-state index in [-0.39, 0.29) is 23.7 Å². The molecule has 15 heavy (non-hydrogen) atoms. The lowest BCUT2D eigenvalue weighted by atomic mass is 9.78. The molecule has 0 saturated heterocycles. The van der Waals surface area contributed by atoms with E-state index < -0.39 is 0 Å². The number of rotatable bonds is 4. The van der Waals surface area contributed by atoms with E-state index in [0.29, 0.717) is 6.54 Å². The van der Waals surface area contributed by atoms with Crippen molar-refractivity contribution in [1.82, 2.24) is 5.32 Å². The molecule has 0 spiro atoms. The Labute approximate surface area is 91.5 Å². The van der Waals surface area contributed by atoms with Crippen molar-refractivity contribution in [2.45, 2.75) is 51.2 Å². The summed E-state index contributed by atoms with van der Waals surface area (Å²) in [5.41, 5.74) is 5.55. The molecular formula is C11H22N2O2. The van der Waals surface area contributed by atoms with E-state index in [1.54, 1.807) is 0 Å². The van der Waals surface area contributed by atoms with Crippen molar-refractivity contribution >= 4 is 5.91 Å². The molecule has 3 N–H and O–H groups in total. The van der Waals surface area contributed by atoms with Crippen molar-refractivity contribution in [2.75, 3.05) is 13.2 Å². The van der Waals surface area contributed by atoms with Crippen LogP contribution in [0.4, 0.5) is 0 Å². The number of nitrogens with one attached hydrogen (secondary N) is 1. The van der Waals surface area contributed by atoms with Crippen LogP contribution in [0.5, 0.6) is 0 Å². The van der Waals surface area contributed by atoms with Gasteiger partial charge in [-0.2, -0.15) is 0 Å². The van der Waals surface area contributed by atoms with Gasteiger partial charge in [-0.05, 0) is 40.0 Å². The Hall–Kier alpha value is -0.610. The first kappa shape index (κ1) is 12.5. The fourth-order valence-electron chi connectivity index (χ4n) is 1.42. The van der Waals surface area contributed by atoms with Crippen molar-refractivity contribution in [2.24, 2.45) is 5.73 Å². The smallest absolute Gasteiger partial charge is 0.246 e. The minimum Gasteiger partial charge on any atom is -0.366 e. The molecule has 1 aliphatic rings. The highest BCUT2D eigenvalue weighted by Gasteiger charge is 2.32. The van der Waals surface area contributed by atoms with Gasteiger partial charge in [-0.25, -0.2) is 0 Å². The van der Waals surface area contributed by atoms with Crippen molar-refractivity contribution in [3.63, 3.8) is 0 Å². The molecule has 1 fully saturated rings. The van der Waals surface area contributed by atoms with Gasteiger partial charge in [0.1, 0.15) is 6.61 Å². The van der Waals surface area contributed by atoms with Crippen LogP contribution in [0, 0.1) is 0 Å². The van der Waals surface area contributed by atoms with Crippen LogP contribution < -0.4 is 11.1 Å². The molecule has 0 unspecified atom stereocenters. The van der Waals surface area contributed by atoms with Crippen LogP contribution in [0.25, 0.3) is 0 Å². The average Bonchev–Trinajstić information content (AvgIpc) is 2.07. The zero-order valence-electron chi connectivity index (χ0n) is 9.93. The highest BCUT2D eigenvalue weighted by atomic mass is 16.5. The van der Waals surface area contributed by atoms with Gasteiger partial charge in [0.05, 0.1) is 5.60 Å². The molecule has 1 aliphatic carbocycles. The first-order chi connectivity index (χ1) is 6.81. The molecule has 0 aromatic heterocycles. The normalized spacial score (nSPS) is 19.5. The van der Waals surface area contributed by atoms with Gasteiger partial charge in [-0.15, -0.1) is 0 Å². The second-order valence-electron chi connectivity index (χ2n) is 5.39. The third kappa shape index (κ3) is 4.62. The summed E-state index contributed by atoms with van der Waals surface area (Å²) >= 11 is 0. The molecule has 0 bridgehead atoms. The Morgan fingerprint density at radius 2 is 2.07 bits per heavy atom. The summed E-state index contributed by atoms with van der Waals surface area (Å²) in [5, 5.41) is 2.81. The lowest BCUT2D eigenvalue weighted by Crippen LogP contribution is -2.55. The lowest BCUT2D eigenvalue weighted by Gasteiger charge is -2.38. The number of carbonyl (C=O) groups excluding carboxylic acids is 1. The lowest BCUT2D eigenvalue weighted by molar-refractivity contribution is -0.130. The molecule has 1 saturated carbocycles. The van der Waals surface area contributed by atoms with Gasteiger partial charge < -0.3 is 15.8 Å². The van der Waals surface area contributed by atoms with Crippen molar-refractivity contribution < 1.29 is 9.53 Å². The summed E-state index contributed by atoms with van der Waals surface area (Å²) in [5.74, 6) is -0.0818. The molecule has 0 aliphatic heterocycles. The van der Waals surface area contributed by atoms with E-state index in [2.05, 4.69) is 5.32 Å². The maximum atomic E-state index is 11.4. The Bertz CT molecular complexity index is 229. The maximum absolute atomic E-state index is 11.4. The molecule has 1 amide bonds.